The highest BCUT2D eigenvalue weighted by atomic mass is 19.4. The first-order chi connectivity index (χ1) is 6.97. The summed E-state index contributed by atoms with van der Waals surface area (Å²) in [7, 11) is 0. The molecule has 1 nitrogen and oxygen atoms in total. The standard InChI is InChI=1S/C11H11F3O/c12-11(13,14)7-6-10(15)8-9-4-2-1-3-5-9/h1-7,10,15H,8H2/b7-6+/t10-/m0/s1. The smallest absolute Gasteiger partial charge is 0.389 e. The third kappa shape index (κ3) is 5.22. The average Bonchev–Trinajstić information content (AvgIpc) is 2.15. The van der Waals surface area contributed by atoms with Gasteiger partial charge in [-0.1, -0.05) is 36.4 Å². The zero-order valence-corrected chi connectivity index (χ0v) is 7.91. The summed E-state index contributed by atoms with van der Waals surface area (Å²) in [6, 6.07) is 8.86. The molecule has 0 aliphatic carbocycles. The van der Waals surface area contributed by atoms with Crippen LogP contribution in [0.1, 0.15) is 5.56 Å². The van der Waals surface area contributed by atoms with Gasteiger partial charge < -0.3 is 5.11 Å². The van der Waals surface area contributed by atoms with Crippen LogP contribution < -0.4 is 0 Å². The summed E-state index contributed by atoms with van der Waals surface area (Å²) < 4.78 is 35.3. The molecule has 0 saturated carbocycles. The predicted molar refractivity (Wildman–Crippen MR) is 51.3 cm³/mol. The Balaban J connectivity index is 2.50. The number of aliphatic hydroxyl groups is 1. The van der Waals surface area contributed by atoms with Crippen LogP contribution in [-0.4, -0.2) is 17.4 Å². The lowest BCUT2D eigenvalue weighted by Gasteiger charge is -2.06. The molecule has 0 amide bonds. The number of hydrogen-bond acceptors (Lipinski definition) is 1. The van der Waals surface area contributed by atoms with Crippen molar-refractivity contribution in [1.82, 2.24) is 0 Å². The van der Waals surface area contributed by atoms with E-state index in [4.69, 9.17) is 0 Å². The van der Waals surface area contributed by atoms with E-state index in [1.54, 1.807) is 30.3 Å². The number of rotatable bonds is 3. The fraction of sp³-hybridized carbons (Fsp3) is 0.273. The van der Waals surface area contributed by atoms with E-state index >= 15 is 0 Å². The number of hydrogen-bond donors (Lipinski definition) is 1. The van der Waals surface area contributed by atoms with E-state index in [1.807, 2.05) is 0 Å². The van der Waals surface area contributed by atoms with Crippen LogP contribution in [0.5, 0.6) is 0 Å². The van der Waals surface area contributed by atoms with Gasteiger partial charge in [0.2, 0.25) is 0 Å². The highest BCUT2D eigenvalue weighted by Gasteiger charge is 2.22. The van der Waals surface area contributed by atoms with Gasteiger partial charge in [0.05, 0.1) is 6.10 Å². The maximum absolute atomic E-state index is 11.8. The maximum Gasteiger partial charge on any atom is 0.409 e. The van der Waals surface area contributed by atoms with Gasteiger partial charge in [0.25, 0.3) is 0 Å². The number of aliphatic hydroxyl groups excluding tert-OH is 1. The van der Waals surface area contributed by atoms with Crippen LogP contribution in [0.2, 0.25) is 0 Å². The molecule has 0 aliphatic rings. The van der Waals surface area contributed by atoms with Crippen molar-refractivity contribution in [1.29, 1.82) is 0 Å². The van der Waals surface area contributed by atoms with Gasteiger partial charge in [-0.05, 0) is 5.56 Å². The second kappa shape index (κ2) is 4.98. The molecule has 0 bridgehead atoms. The molecule has 0 heterocycles. The molecule has 0 fully saturated rings. The van der Waals surface area contributed by atoms with E-state index in [9.17, 15) is 18.3 Å². The first-order valence-electron chi connectivity index (χ1n) is 4.45. The number of alkyl halides is 3. The third-order valence-corrected chi connectivity index (χ3v) is 1.80. The minimum Gasteiger partial charge on any atom is -0.389 e. The van der Waals surface area contributed by atoms with Crippen molar-refractivity contribution >= 4 is 0 Å². The van der Waals surface area contributed by atoms with Crippen molar-refractivity contribution in [2.24, 2.45) is 0 Å². The van der Waals surface area contributed by atoms with Gasteiger partial charge in [-0.3, -0.25) is 0 Å². The Morgan fingerprint density at radius 1 is 1.20 bits per heavy atom. The molecule has 1 rings (SSSR count). The maximum atomic E-state index is 11.8. The summed E-state index contributed by atoms with van der Waals surface area (Å²) >= 11 is 0. The Bertz CT molecular complexity index is 316. The fourth-order valence-electron chi connectivity index (χ4n) is 1.14. The Morgan fingerprint density at radius 2 is 1.80 bits per heavy atom. The minimum absolute atomic E-state index is 0.0562. The molecule has 1 N–H and O–H groups in total. The van der Waals surface area contributed by atoms with Crippen LogP contribution in [0.3, 0.4) is 0 Å². The Labute approximate surface area is 85.9 Å². The van der Waals surface area contributed by atoms with Crippen LogP contribution in [0, 0.1) is 0 Å². The lowest BCUT2D eigenvalue weighted by molar-refractivity contribution is -0.0805. The molecule has 0 saturated heterocycles. The third-order valence-electron chi connectivity index (χ3n) is 1.80. The topological polar surface area (TPSA) is 20.2 Å². The molecule has 82 valence electrons. The molecular formula is C11H11F3O. The molecular weight excluding hydrogens is 205 g/mol. The summed E-state index contributed by atoms with van der Waals surface area (Å²) in [5.41, 5.74) is 0.803. The summed E-state index contributed by atoms with van der Waals surface area (Å²) in [4.78, 5) is 0. The van der Waals surface area contributed by atoms with Gasteiger partial charge in [0.1, 0.15) is 0 Å². The highest BCUT2D eigenvalue weighted by molar-refractivity contribution is 5.16. The quantitative estimate of drug-likeness (QED) is 0.770. The van der Waals surface area contributed by atoms with E-state index in [1.165, 1.54) is 0 Å². The van der Waals surface area contributed by atoms with Gasteiger partial charge >= 0.3 is 6.18 Å². The first-order valence-corrected chi connectivity index (χ1v) is 4.45. The normalized spacial score (nSPS) is 14.4. The average molecular weight is 216 g/mol. The second-order valence-electron chi connectivity index (χ2n) is 3.16. The van der Waals surface area contributed by atoms with Crippen LogP contribution in [-0.2, 0) is 6.42 Å². The van der Waals surface area contributed by atoms with Crippen LogP contribution in [0.25, 0.3) is 0 Å². The van der Waals surface area contributed by atoms with Crippen molar-refractivity contribution < 1.29 is 18.3 Å². The molecule has 0 unspecified atom stereocenters. The Hall–Kier alpha value is -1.29. The van der Waals surface area contributed by atoms with E-state index in [0.29, 0.717) is 0 Å². The molecule has 0 spiro atoms. The summed E-state index contributed by atoms with van der Waals surface area (Å²) in [6.45, 7) is 0. The van der Waals surface area contributed by atoms with E-state index in [-0.39, 0.29) is 12.5 Å². The molecule has 1 atom stereocenters. The van der Waals surface area contributed by atoms with Crippen LogP contribution in [0.15, 0.2) is 42.5 Å². The Morgan fingerprint density at radius 3 is 2.33 bits per heavy atom. The number of allylic oxidation sites excluding steroid dienone is 1. The summed E-state index contributed by atoms with van der Waals surface area (Å²) in [6.07, 6.45) is -4.47. The van der Waals surface area contributed by atoms with Gasteiger partial charge in [0, 0.05) is 12.5 Å². The molecule has 1 aromatic carbocycles. The molecule has 1 aromatic rings. The number of halogens is 3. The van der Waals surface area contributed by atoms with E-state index in [0.717, 1.165) is 11.6 Å². The molecule has 4 heteroatoms. The molecule has 0 radical (unpaired) electrons. The van der Waals surface area contributed by atoms with Crippen LogP contribution >= 0.6 is 0 Å². The van der Waals surface area contributed by atoms with E-state index in [2.05, 4.69) is 0 Å². The summed E-state index contributed by atoms with van der Waals surface area (Å²) in [5, 5.41) is 9.28. The van der Waals surface area contributed by atoms with Gasteiger partial charge in [-0.2, -0.15) is 13.2 Å². The van der Waals surface area contributed by atoms with Gasteiger partial charge in [0.15, 0.2) is 0 Å². The SMILES string of the molecule is O[C@@H](/C=C/C(F)(F)F)Cc1ccccc1. The first kappa shape index (κ1) is 11.8. The molecule has 0 aliphatic heterocycles. The zero-order valence-electron chi connectivity index (χ0n) is 7.91. The van der Waals surface area contributed by atoms with Gasteiger partial charge in [-0.15, -0.1) is 0 Å². The Kier molecular flexibility index (Phi) is 3.91. The van der Waals surface area contributed by atoms with Crippen LogP contribution in [0.4, 0.5) is 13.2 Å². The monoisotopic (exact) mass is 216 g/mol. The second-order valence-corrected chi connectivity index (χ2v) is 3.16. The summed E-state index contributed by atoms with van der Waals surface area (Å²) in [5.74, 6) is 0. The largest absolute Gasteiger partial charge is 0.409 e. The predicted octanol–water partition coefficient (Wildman–Crippen LogP) is 2.71. The molecule has 0 aromatic heterocycles. The van der Waals surface area contributed by atoms with Crippen molar-refractivity contribution in [3.05, 3.63) is 48.0 Å². The van der Waals surface area contributed by atoms with Crippen molar-refractivity contribution in [3.63, 3.8) is 0 Å². The number of benzene rings is 1. The highest BCUT2D eigenvalue weighted by Crippen LogP contribution is 2.16. The lowest BCUT2D eigenvalue weighted by atomic mass is 10.1. The van der Waals surface area contributed by atoms with Gasteiger partial charge in [-0.25, -0.2) is 0 Å². The van der Waals surface area contributed by atoms with Crippen molar-refractivity contribution in [2.75, 3.05) is 0 Å². The lowest BCUT2D eigenvalue weighted by Crippen LogP contribution is -2.09. The van der Waals surface area contributed by atoms with Crippen molar-refractivity contribution in [3.8, 4) is 0 Å². The minimum atomic E-state index is -4.36. The van der Waals surface area contributed by atoms with Crippen molar-refractivity contribution in [2.45, 2.75) is 18.7 Å². The molecule has 15 heavy (non-hydrogen) atoms. The zero-order chi connectivity index (χ0) is 11.3. The van der Waals surface area contributed by atoms with E-state index < -0.39 is 12.3 Å². The fourth-order valence-corrected chi connectivity index (χ4v) is 1.14.